The molecule has 1 rings (SSSR count). The zero-order valence-corrected chi connectivity index (χ0v) is 11.2. The van der Waals surface area contributed by atoms with Gasteiger partial charge in [-0.25, -0.2) is 8.42 Å². The predicted octanol–water partition coefficient (Wildman–Crippen LogP) is 2.23. The Morgan fingerprint density at radius 3 is 2.41 bits per heavy atom. The molecule has 0 aliphatic carbocycles. The number of unbranched alkanes of at least 4 members (excludes halogenated alkanes) is 2. The summed E-state index contributed by atoms with van der Waals surface area (Å²) in [5.41, 5.74) is 6.89. The number of nitrogens with zero attached hydrogens (tertiary/aromatic N) is 1. The summed E-state index contributed by atoms with van der Waals surface area (Å²) in [5, 5.41) is 0. The molecule has 0 saturated heterocycles. The lowest BCUT2D eigenvalue weighted by Gasteiger charge is -2.23. The number of hydrogen-bond donors (Lipinski definition) is 1. The van der Waals surface area contributed by atoms with Crippen LogP contribution in [-0.4, -0.2) is 21.2 Å². The minimum Gasteiger partial charge on any atom is -0.397 e. The maximum Gasteiger partial charge on any atom is 0.232 e. The highest BCUT2D eigenvalue weighted by molar-refractivity contribution is 7.92. The minimum absolute atomic E-state index is 0.487. The van der Waals surface area contributed by atoms with Gasteiger partial charge in [0, 0.05) is 6.54 Å². The number of rotatable bonds is 6. The number of sulfonamides is 1. The van der Waals surface area contributed by atoms with E-state index < -0.39 is 10.0 Å². The molecule has 4 nitrogen and oxygen atoms in total. The number of para-hydroxylation sites is 2. The summed E-state index contributed by atoms with van der Waals surface area (Å²) in [6.45, 7) is 2.57. The summed E-state index contributed by atoms with van der Waals surface area (Å²) < 4.78 is 24.9. The molecule has 2 N–H and O–H groups in total. The lowest BCUT2D eigenvalue weighted by Crippen LogP contribution is -2.31. The molecule has 0 aliphatic heterocycles. The van der Waals surface area contributed by atoms with Crippen LogP contribution in [0.4, 0.5) is 11.4 Å². The maximum absolute atomic E-state index is 11.7. The average molecular weight is 256 g/mol. The van der Waals surface area contributed by atoms with Gasteiger partial charge < -0.3 is 5.73 Å². The third-order valence-corrected chi connectivity index (χ3v) is 3.75. The molecule has 0 atom stereocenters. The van der Waals surface area contributed by atoms with Gasteiger partial charge in [0.15, 0.2) is 0 Å². The molecule has 0 radical (unpaired) electrons. The number of benzene rings is 1. The van der Waals surface area contributed by atoms with Crippen molar-refractivity contribution in [2.24, 2.45) is 0 Å². The van der Waals surface area contributed by atoms with Crippen molar-refractivity contribution in [2.75, 3.05) is 22.8 Å². The number of nitrogen functional groups attached to an aromatic ring is 1. The van der Waals surface area contributed by atoms with Crippen molar-refractivity contribution in [3.63, 3.8) is 0 Å². The van der Waals surface area contributed by atoms with Gasteiger partial charge in [-0.15, -0.1) is 0 Å². The number of anilines is 2. The fraction of sp³-hybridized carbons (Fsp3) is 0.500. The molecule has 0 aromatic heterocycles. The molecule has 0 amide bonds. The van der Waals surface area contributed by atoms with Crippen molar-refractivity contribution in [3.8, 4) is 0 Å². The summed E-state index contributed by atoms with van der Waals surface area (Å²) in [5.74, 6) is 0. The minimum atomic E-state index is -3.27. The van der Waals surface area contributed by atoms with Crippen molar-refractivity contribution in [3.05, 3.63) is 24.3 Å². The largest absolute Gasteiger partial charge is 0.397 e. The standard InChI is InChI=1S/C12H20N2O2S/c1-3-4-7-10-14(17(2,15)16)12-9-6-5-8-11(12)13/h5-6,8-9H,3-4,7,10,13H2,1-2H3. The second-order valence-electron chi connectivity index (χ2n) is 4.10. The Hall–Kier alpha value is -1.23. The normalized spacial score (nSPS) is 11.4. The van der Waals surface area contributed by atoms with Crippen LogP contribution in [0.25, 0.3) is 0 Å². The Labute approximate surface area is 103 Å². The van der Waals surface area contributed by atoms with E-state index in [1.165, 1.54) is 10.6 Å². The summed E-state index contributed by atoms with van der Waals surface area (Å²) >= 11 is 0. The molecule has 1 aromatic rings. The summed E-state index contributed by atoms with van der Waals surface area (Å²) in [6.07, 6.45) is 4.13. The topological polar surface area (TPSA) is 63.4 Å². The van der Waals surface area contributed by atoms with Crippen molar-refractivity contribution in [1.29, 1.82) is 0 Å². The van der Waals surface area contributed by atoms with E-state index in [0.717, 1.165) is 19.3 Å². The van der Waals surface area contributed by atoms with Gasteiger partial charge in [0.1, 0.15) is 0 Å². The van der Waals surface area contributed by atoms with E-state index >= 15 is 0 Å². The maximum atomic E-state index is 11.7. The van der Waals surface area contributed by atoms with Crippen LogP contribution in [0, 0.1) is 0 Å². The quantitative estimate of drug-likeness (QED) is 0.627. The van der Waals surface area contributed by atoms with Gasteiger partial charge in [-0.2, -0.15) is 0 Å². The second kappa shape index (κ2) is 5.91. The van der Waals surface area contributed by atoms with Crippen molar-refractivity contribution >= 4 is 21.4 Å². The fourth-order valence-corrected chi connectivity index (χ4v) is 2.67. The highest BCUT2D eigenvalue weighted by atomic mass is 32.2. The molecule has 1 aromatic carbocycles. The number of nitrogens with two attached hydrogens (primary N) is 1. The SMILES string of the molecule is CCCCCN(c1ccccc1N)S(C)(=O)=O. The second-order valence-corrected chi connectivity index (χ2v) is 6.01. The van der Waals surface area contributed by atoms with Crippen molar-refractivity contribution < 1.29 is 8.42 Å². The Morgan fingerprint density at radius 1 is 1.24 bits per heavy atom. The molecule has 0 bridgehead atoms. The van der Waals surface area contributed by atoms with E-state index in [2.05, 4.69) is 6.92 Å². The third kappa shape index (κ3) is 3.93. The molecule has 96 valence electrons. The molecule has 0 heterocycles. The highest BCUT2D eigenvalue weighted by Gasteiger charge is 2.18. The summed E-state index contributed by atoms with van der Waals surface area (Å²) in [6, 6.07) is 7.05. The van der Waals surface area contributed by atoms with Gasteiger partial charge in [0.05, 0.1) is 17.6 Å². The van der Waals surface area contributed by atoms with Gasteiger partial charge in [0.2, 0.25) is 10.0 Å². The van der Waals surface area contributed by atoms with Crippen LogP contribution in [0.15, 0.2) is 24.3 Å². The van der Waals surface area contributed by atoms with Crippen molar-refractivity contribution in [1.82, 2.24) is 0 Å². The first-order chi connectivity index (χ1) is 7.96. The molecular weight excluding hydrogens is 236 g/mol. The molecular formula is C12H20N2O2S. The molecule has 0 fully saturated rings. The molecule has 0 spiro atoms. The first kappa shape index (κ1) is 13.8. The summed E-state index contributed by atoms with van der Waals surface area (Å²) in [7, 11) is -3.27. The Balaban J connectivity index is 2.96. The van der Waals surface area contributed by atoms with Crippen LogP contribution in [-0.2, 0) is 10.0 Å². The molecule has 0 unspecified atom stereocenters. The first-order valence-electron chi connectivity index (χ1n) is 5.79. The Bertz CT molecular complexity index is 457. The number of hydrogen-bond acceptors (Lipinski definition) is 3. The average Bonchev–Trinajstić information content (AvgIpc) is 2.24. The smallest absolute Gasteiger partial charge is 0.232 e. The molecule has 5 heteroatoms. The van der Waals surface area contributed by atoms with Gasteiger partial charge in [0.25, 0.3) is 0 Å². The van der Waals surface area contributed by atoms with Crippen LogP contribution < -0.4 is 10.0 Å². The molecule has 0 aliphatic rings. The fourth-order valence-electron chi connectivity index (χ4n) is 1.68. The van der Waals surface area contributed by atoms with E-state index in [1.54, 1.807) is 24.3 Å². The van der Waals surface area contributed by atoms with Gasteiger partial charge in [-0.1, -0.05) is 31.9 Å². The third-order valence-electron chi connectivity index (χ3n) is 2.57. The van der Waals surface area contributed by atoms with E-state index in [-0.39, 0.29) is 0 Å². The van der Waals surface area contributed by atoms with Crippen LogP contribution >= 0.6 is 0 Å². The zero-order valence-electron chi connectivity index (χ0n) is 10.4. The highest BCUT2D eigenvalue weighted by Crippen LogP contribution is 2.25. The van der Waals surface area contributed by atoms with Gasteiger partial charge in [-0.3, -0.25) is 4.31 Å². The van der Waals surface area contributed by atoms with Crippen LogP contribution in [0.1, 0.15) is 26.2 Å². The van der Waals surface area contributed by atoms with Crippen LogP contribution in [0.5, 0.6) is 0 Å². The van der Waals surface area contributed by atoms with E-state index in [9.17, 15) is 8.42 Å². The van der Waals surface area contributed by atoms with Gasteiger partial charge in [-0.05, 0) is 18.6 Å². The van der Waals surface area contributed by atoms with E-state index in [4.69, 9.17) is 5.73 Å². The zero-order chi connectivity index (χ0) is 12.9. The molecule has 17 heavy (non-hydrogen) atoms. The van der Waals surface area contributed by atoms with Crippen LogP contribution in [0.3, 0.4) is 0 Å². The van der Waals surface area contributed by atoms with Crippen LogP contribution in [0.2, 0.25) is 0 Å². The lowest BCUT2D eigenvalue weighted by molar-refractivity contribution is 0.593. The van der Waals surface area contributed by atoms with Gasteiger partial charge >= 0.3 is 0 Å². The summed E-state index contributed by atoms with van der Waals surface area (Å²) in [4.78, 5) is 0. The Kier molecular flexibility index (Phi) is 4.81. The first-order valence-corrected chi connectivity index (χ1v) is 7.64. The van der Waals surface area contributed by atoms with E-state index in [0.29, 0.717) is 17.9 Å². The molecule has 0 saturated carbocycles. The monoisotopic (exact) mass is 256 g/mol. The van der Waals surface area contributed by atoms with Crippen molar-refractivity contribution in [2.45, 2.75) is 26.2 Å². The Morgan fingerprint density at radius 2 is 1.88 bits per heavy atom. The predicted molar refractivity (Wildman–Crippen MR) is 72.6 cm³/mol. The van der Waals surface area contributed by atoms with E-state index in [1.807, 2.05) is 0 Å². The lowest BCUT2D eigenvalue weighted by atomic mass is 10.2.